The van der Waals surface area contributed by atoms with Crippen molar-refractivity contribution < 1.29 is 35.5 Å². The first-order valence-electron chi connectivity index (χ1n) is 10.6. The van der Waals surface area contributed by atoms with Crippen LogP contribution < -0.4 is 15.3 Å². The summed E-state index contributed by atoms with van der Waals surface area (Å²) in [6.45, 7) is 0. The standard InChI is InChI=1S/C23H15Cl2F7N4O.H2N3/c1-36(21-33-7-2-8-34-21)35-20(37)14-5-3-13(9-16(14)23(30,31)32)19(26)11-15(22(27,28)29)12-4-6-17(24)18(25)10-12;1-3-2/h2-11,15H,1H3,(H,35,37);1-2H/q;+1/b19-11-;. The summed E-state index contributed by atoms with van der Waals surface area (Å²) in [4.78, 5) is 22.2. The summed E-state index contributed by atoms with van der Waals surface area (Å²) in [6, 6.07) is 6.08. The minimum Gasteiger partial charge on any atom is -0.267 e. The molecular formula is C23H17Cl2F7N7O+. The fourth-order valence-electron chi connectivity index (χ4n) is 3.18. The van der Waals surface area contributed by atoms with Crippen molar-refractivity contribution in [1.29, 1.82) is 11.1 Å². The van der Waals surface area contributed by atoms with Gasteiger partial charge in [-0.05, 0) is 42.0 Å². The highest BCUT2D eigenvalue weighted by Gasteiger charge is 2.40. The van der Waals surface area contributed by atoms with Gasteiger partial charge in [-0.2, -0.15) is 26.3 Å². The summed E-state index contributed by atoms with van der Waals surface area (Å²) in [5.74, 6) is -5.41. The van der Waals surface area contributed by atoms with E-state index in [2.05, 4.69) is 15.4 Å². The molecule has 0 fully saturated rings. The lowest BCUT2D eigenvalue weighted by molar-refractivity contribution is -0.140. The number of alkyl halides is 6. The molecule has 17 heteroatoms. The third-order valence-corrected chi connectivity index (χ3v) is 5.67. The first kappa shape index (κ1) is 32.1. The topological polar surface area (TPSA) is 120 Å². The molecule has 3 N–H and O–H groups in total. The largest absolute Gasteiger partial charge is 0.417 e. The third-order valence-electron chi connectivity index (χ3n) is 4.94. The maximum Gasteiger partial charge on any atom is 0.417 e. The second-order valence-corrected chi connectivity index (χ2v) is 8.44. The Kier molecular flexibility index (Phi) is 10.7. The molecule has 2 aromatic carbocycles. The first-order chi connectivity index (χ1) is 18.6. The van der Waals surface area contributed by atoms with Gasteiger partial charge in [-0.3, -0.25) is 15.2 Å². The monoisotopic (exact) mass is 610 g/mol. The lowest BCUT2D eigenvalue weighted by Gasteiger charge is -2.20. The van der Waals surface area contributed by atoms with Gasteiger partial charge in [0.25, 0.3) is 5.91 Å². The molecule has 0 saturated heterocycles. The zero-order valence-electron chi connectivity index (χ0n) is 19.9. The molecule has 1 heterocycles. The van der Waals surface area contributed by atoms with Crippen LogP contribution >= 0.6 is 23.2 Å². The van der Waals surface area contributed by atoms with Crippen molar-refractivity contribution >= 4 is 40.9 Å². The number of halogens is 9. The molecule has 0 aliphatic heterocycles. The summed E-state index contributed by atoms with van der Waals surface area (Å²) < 4.78 is 97.2. The van der Waals surface area contributed by atoms with Crippen LogP contribution in [0.4, 0.5) is 36.7 Å². The molecule has 1 atom stereocenters. The molecule has 40 heavy (non-hydrogen) atoms. The Balaban J connectivity index is 0.00000178. The number of hydrazine groups is 1. The molecule has 3 aromatic rings. The number of benzene rings is 2. The van der Waals surface area contributed by atoms with E-state index in [1.165, 1.54) is 25.5 Å². The minimum absolute atomic E-state index is 0.0319. The summed E-state index contributed by atoms with van der Waals surface area (Å²) >= 11 is 11.5. The van der Waals surface area contributed by atoms with Gasteiger partial charge in [0.15, 0.2) is 0 Å². The van der Waals surface area contributed by atoms with Gasteiger partial charge >= 0.3 is 12.4 Å². The van der Waals surface area contributed by atoms with Gasteiger partial charge in [0.1, 0.15) is 22.8 Å². The van der Waals surface area contributed by atoms with Crippen molar-refractivity contribution in [2.45, 2.75) is 18.3 Å². The smallest absolute Gasteiger partial charge is 0.267 e. The first-order valence-corrected chi connectivity index (χ1v) is 11.3. The van der Waals surface area contributed by atoms with E-state index in [0.29, 0.717) is 6.07 Å². The van der Waals surface area contributed by atoms with E-state index < -0.39 is 52.3 Å². The van der Waals surface area contributed by atoms with Gasteiger partial charge in [-0.1, -0.05) is 35.3 Å². The Bertz CT molecular complexity index is 1410. The lowest BCUT2D eigenvalue weighted by Crippen LogP contribution is -2.41. The number of hydrogen-bond donors (Lipinski definition) is 3. The Labute approximate surface area is 231 Å². The van der Waals surface area contributed by atoms with Crippen molar-refractivity contribution in [2.24, 2.45) is 0 Å². The average Bonchev–Trinajstić information content (AvgIpc) is 2.88. The number of anilines is 1. The fraction of sp³-hybridized carbons (Fsp3) is 0.174. The molecule has 1 unspecified atom stereocenters. The van der Waals surface area contributed by atoms with Gasteiger partial charge in [0, 0.05) is 25.0 Å². The number of rotatable bonds is 6. The van der Waals surface area contributed by atoms with E-state index in [4.69, 9.17) is 34.3 Å². The highest BCUT2D eigenvalue weighted by Crippen LogP contribution is 2.41. The van der Waals surface area contributed by atoms with E-state index in [1.807, 2.05) is 4.91 Å². The predicted molar refractivity (Wildman–Crippen MR) is 131 cm³/mol. The number of allylic oxidation sites excluding steroid dienone is 1. The number of nitrogens with one attached hydrogen (secondary N) is 3. The highest BCUT2D eigenvalue weighted by atomic mass is 35.5. The van der Waals surface area contributed by atoms with Crippen molar-refractivity contribution in [3.05, 3.63) is 93.2 Å². The van der Waals surface area contributed by atoms with Crippen LogP contribution in [0.3, 0.4) is 0 Å². The summed E-state index contributed by atoms with van der Waals surface area (Å²) in [5.41, 5.74) is 9.39. The highest BCUT2D eigenvalue weighted by molar-refractivity contribution is 6.42. The van der Waals surface area contributed by atoms with E-state index >= 15 is 0 Å². The van der Waals surface area contributed by atoms with E-state index in [0.717, 1.165) is 29.3 Å². The number of aromatic nitrogens is 2. The van der Waals surface area contributed by atoms with Crippen LogP contribution in [0.1, 0.15) is 33.0 Å². The van der Waals surface area contributed by atoms with Gasteiger partial charge in [0.2, 0.25) is 10.9 Å². The van der Waals surface area contributed by atoms with Crippen LogP contribution in [0.5, 0.6) is 0 Å². The molecule has 0 aliphatic rings. The molecule has 1 amide bonds. The summed E-state index contributed by atoms with van der Waals surface area (Å²) in [7, 11) is 1.28. The number of nitrogens with zero attached hydrogens (tertiary/aromatic N) is 4. The Morgan fingerprint density at radius 3 is 2.15 bits per heavy atom. The second-order valence-electron chi connectivity index (χ2n) is 7.63. The number of carbonyl (C=O) groups excluding carboxylic acids is 1. The van der Waals surface area contributed by atoms with Gasteiger partial charge in [0.05, 0.1) is 21.2 Å². The number of carbonyl (C=O) groups is 1. The molecular weight excluding hydrogens is 594 g/mol. The Morgan fingerprint density at radius 2 is 1.62 bits per heavy atom. The zero-order chi connectivity index (χ0) is 30.3. The molecule has 0 aliphatic carbocycles. The Hall–Kier alpha value is -4.07. The molecule has 1 aromatic heterocycles. The maximum absolute atomic E-state index is 14.9. The Morgan fingerprint density at radius 1 is 1.02 bits per heavy atom. The van der Waals surface area contributed by atoms with Crippen molar-refractivity contribution in [3.8, 4) is 0 Å². The lowest BCUT2D eigenvalue weighted by atomic mass is 9.95. The molecule has 3 rings (SSSR count). The quantitative estimate of drug-likeness (QED) is 0.117. The van der Waals surface area contributed by atoms with Crippen molar-refractivity contribution in [1.82, 2.24) is 20.3 Å². The van der Waals surface area contributed by atoms with Gasteiger partial charge in [-0.15, -0.1) is 0 Å². The fourth-order valence-corrected chi connectivity index (χ4v) is 3.49. The molecule has 8 nitrogen and oxygen atoms in total. The van der Waals surface area contributed by atoms with E-state index in [1.54, 1.807) is 0 Å². The van der Waals surface area contributed by atoms with Gasteiger partial charge in [-0.25, -0.2) is 14.4 Å². The predicted octanol–water partition coefficient (Wildman–Crippen LogP) is 7.36. The zero-order valence-corrected chi connectivity index (χ0v) is 21.5. The number of amides is 1. The van der Waals surface area contributed by atoms with E-state index in [9.17, 15) is 35.5 Å². The van der Waals surface area contributed by atoms with Crippen LogP contribution in [0.15, 0.2) is 60.9 Å². The van der Waals surface area contributed by atoms with Crippen molar-refractivity contribution in [2.75, 3.05) is 12.1 Å². The second kappa shape index (κ2) is 13.3. The van der Waals surface area contributed by atoms with Crippen LogP contribution in [0.2, 0.25) is 10.0 Å². The van der Waals surface area contributed by atoms with Gasteiger partial charge < -0.3 is 0 Å². The SMILES string of the molecule is CN(NC(=O)c1ccc(/C(F)=C/C(c2ccc(Cl)c(Cl)c2)C(F)(F)F)cc1C(F)(F)F)c1ncccn1.N=[N+]=N. The molecule has 212 valence electrons. The summed E-state index contributed by atoms with van der Waals surface area (Å²) in [5, 5.41) is 0.703. The third kappa shape index (κ3) is 8.46. The molecule has 0 saturated carbocycles. The average molecular weight is 611 g/mol. The maximum atomic E-state index is 14.9. The molecule has 0 spiro atoms. The van der Waals surface area contributed by atoms with Crippen LogP contribution in [-0.4, -0.2) is 29.1 Å². The normalized spacial score (nSPS) is 12.5. The number of hydrogen-bond acceptors (Lipinski definition) is 6. The minimum atomic E-state index is -5.14. The van der Waals surface area contributed by atoms with Crippen LogP contribution in [-0.2, 0) is 6.18 Å². The van der Waals surface area contributed by atoms with Crippen LogP contribution in [0.25, 0.3) is 5.83 Å². The van der Waals surface area contributed by atoms with E-state index in [-0.39, 0.29) is 28.1 Å². The summed E-state index contributed by atoms with van der Waals surface area (Å²) in [6.07, 6.45) is -7.36. The van der Waals surface area contributed by atoms with Crippen LogP contribution in [0, 0.1) is 11.1 Å². The molecule has 0 radical (unpaired) electrons. The molecule has 0 bridgehead atoms. The van der Waals surface area contributed by atoms with Crippen molar-refractivity contribution in [3.63, 3.8) is 0 Å².